The molecule has 0 saturated carbocycles. The Hall–Kier alpha value is -0.800. The molecule has 0 aliphatic heterocycles. The molecule has 72 valence electrons. The van der Waals surface area contributed by atoms with Crippen molar-refractivity contribution in [3.8, 4) is 0 Å². The molecule has 0 bridgehead atoms. The number of hydrogen-bond acceptors (Lipinski definition) is 2. The summed E-state index contributed by atoms with van der Waals surface area (Å²) in [5.74, 6) is -0.350. The summed E-state index contributed by atoms with van der Waals surface area (Å²) < 4.78 is 12.7. The van der Waals surface area contributed by atoms with Crippen molar-refractivity contribution in [1.82, 2.24) is 0 Å². The van der Waals surface area contributed by atoms with Crippen LogP contribution in [0.15, 0.2) is 18.2 Å². The molecule has 1 unspecified atom stereocenters. The maximum Gasteiger partial charge on any atom is 0.125 e. The van der Waals surface area contributed by atoms with E-state index in [9.17, 15) is 4.39 Å². The van der Waals surface area contributed by atoms with Crippen molar-refractivity contribution in [2.75, 3.05) is 11.9 Å². The van der Waals surface area contributed by atoms with Gasteiger partial charge < -0.3 is 10.4 Å². The van der Waals surface area contributed by atoms with Gasteiger partial charge in [-0.3, -0.25) is 0 Å². The van der Waals surface area contributed by atoms with Gasteiger partial charge >= 0.3 is 0 Å². The Morgan fingerprint density at radius 3 is 2.92 bits per heavy atom. The quantitative estimate of drug-likeness (QED) is 0.790. The van der Waals surface area contributed by atoms with Crippen LogP contribution in [0.1, 0.15) is 6.92 Å². The molecule has 0 radical (unpaired) electrons. The van der Waals surface area contributed by atoms with Gasteiger partial charge in [0.1, 0.15) is 5.82 Å². The summed E-state index contributed by atoms with van der Waals surface area (Å²) in [5.41, 5.74) is 0.502. The number of halogens is 2. The van der Waals surface area contributed by atoms with Crippen molar-refractivity contribution < 1.29 is 9.50 Å². The summed E-state index contributed by atoms with van der Waals surface area (Å²) in [6, 6.07) is 4.06. The molecule has 0 spiro atoms. The van der Waals surface area contributed by atoms with E-state index in [2.05, 4.69) is 5.32 Å². The normalized spacial score (nSPS) is 12.6. The highest BCUT2D eigenvalue weighted by molar-refractivity contribution is 6.33. The zero-order valence-electron chi connectivity index (χ0n) is 7.22. The number of aliphatic hydroxyl groups is 1. The van der Waals surface area contributed by atoms with Gasteiger partial charge in [-0.1, -0.05) is 11.6 Å². The molecule has 4 heteroatoms. The average Bonchev–Trinajstić information content (AvgIpc) is 2.06. The molecule has 0 saturated heterocycles. The van der Waals surface area contributed by atoms with E-state index in [0.29, 0.717) is 17.3 Å². The fourth-order valence-corrected chi connectivity index (χ4v) is 1.07. The Bertz CT molecular complexity index is 291. The van der Waals surface area contributed by atoms with Crippen molar-refractivity contribution in [3.05, 3.63) is 29.0 Å². The highest BCUT2D eigenvalue weighted by Crippen LogP contribution is 2.22. The minimum atomic E-state index is -0.487. The monoisotopic (exact) mass is 203 g/mol. The second-order valence-corrected chi connectivity index (χ2v) is 3.26. The van der Waals surface area contributed by atoms with Crippen LogP contribution in [0.5, 0.6) is 0 Å². The van der Waals surface area contributed by atoms with Gasteiger partial charge in [0.2, 0.25) is 0 Å². The van der Waals surface area contributed by atoms with Gasteiger partial charge in [-0.2, -0.15) is 0 Å². The van der Waals surface area contributed by atoms with Crippen LogP contribution in [-0.2, 0) is 0 Å². The van der Waals surface area contributed by atoms with E-state index >= 15 is 0 Å². The van der Waals surface area contributed by atoms with Crippen LogP contribution in [0.2, 0.25) is 5.02 Å². The third-order valence-electron chi connectivity index (χ3n) is 1.52. The topological polar surface area (TPSA) is 32.3 Å². The summed E-state index contributed by atoms with van der Waals surface area (Å²) in [5, 5.41) is 12.3. The van der Waals surface area contributed by atoms with E-state index in [4.69, 9.17) is 16.7 Å². The maximum atomic E-state index is 12.7. The number of rotatable bonds is 3. The predicted molar refractivity (Wildman–Crippen MR) is 51.6 cm³/mol. The number of anilines is 1. The fourth-order valence-electron chi connectivity index (χ4n) is 0.891. The van der Waals surface area contributed by atoms with Crippen LogP contribution < -0.4 is 5.32 Å². The first-order valence-corrected chi connectivity index (χ1v) is 4.34. The molecule has 1 aromatic rings. The lowest BCUT2D eigenvalue weighted by Crippen LogP contribution is -2.15. The zero-order chi connectivity index (χ0) is 9.84. The van der Waals surface area contributed by atoms with E-state index < -0.39 is 6.10 Å². The molecule has 0 amide bonds. The number of nitrogens with one attached hydrogen (secondary N) is 1. The van der Waals surface area contributed by atoms with Gasteiger partial charge in [-0.15, -0.1) is 0 Å². The highest BCUT2D eigenvalue weighted by atomic mass is 35.5. The molecule has 2 N–H and O–H groups in total. The molecule has 2 nitrogen and oxygen atoms in total. The van der Waals surface area contributed by atoms with Gasteiger partial charge in [0.05, 0.1) is 16.8 Å². The third kappa shape index (κ3) is 3.20. The lowest BCUT2D eigenvalue weighted by molar-refractivity contribution is 0.208. The Labute approximate surface area is 81.3 Å². The summed E-state index contributed by atoms with van der Waals surface area (Å²) in [6.07, 6.45) is -0.487. The first-order valence-electron chi connectivity index (χ1n) is 3.96. The minimum absolute atomic E-state index is 0.350. The van der Waals surface area contributed by atoms with Crippen molar-refractivity contribution in [2.24, 2.45) is 0 Å². The third-order valence-corrected chi connectivity index (χ3v) is 1.85. The van der Waals surface area contributed by atoms with E-state index in [0.717, 1.165) is 0 Å². The smallest absolute Gasteiger partial charge is 0.125 e. The highest BCUT2D eigenvalue weighted by Gasteiger charge is 2.02. The molecule has 0 aliphatic carbocycles. The Morgan fingerprint density at radius 2 is 2.31 bits per heavy atom. The maximum absolute atomic E-state index is 12.7. The summed E-state index contributed by atoms with van der Waals surface area (Å²) in [4.78, 5) is 0. The molecule has 0 aliphatic rings. The molecule has 0 aromatic heterocycles. The largest absolute Gasteiger partial charge is 0.392 e. The fraction of sp³-hybridized carbons (Fsp3) is 0.333. The van der Waals surface area contributed by atoms with Crippen molar-refractivity contribution >= 4 is 17.3 Å². The van der Waals surface area contributed by atoms with Crippen LogP contribution in [0, 0.1) is 5.82 Å². The molecular formula is C9H11ClFNO. The molecule has 13 heavy (non-hydrogen) atoms. The van der Waals surface area contributed by atoms with Gasteiger partial charge in [0.25, 0.3) is 0 Å². The molecule has 1 rings (SSSR count). The molecule has 1 atom stereocenters. The lowest BCUT2D eigenvalue weighted by Gasteiger charge is -2.09. The Balaban J connectivity index is 2.70. The van der Waals surface area contributed by atoms with E-state index in [-0.39, 0.29) is 5.82 Å². The summed E-state index contributed by atoms with van der Waals surface area (Å²) >= 11 is 5.77. The van der Waals surface area contributed by atoms with Crippen molar-refractivity contribution in [2.45, 2.75) is 13.0 Å². The number of hydrogen-bond donors (Lipinski definition) is 2. The van der Waals surface area contributed by atoms with E-state index in [1.165, 1.54) is 18.2 Å². The Kier molecular flexibility index (Phi) is 3.51. The number of benzene rings is 1. The van der Waals surface area contributed by atoms with Gasteiger partial charge in [0, 0.05) is 6.54 Å². The number of aliphatic hydroxyl groups excluding tert-OH is 1. The van der Waals surface area contributed by atoms with Crippen molar-refractivity contribution in [3.63, 3.8) is 0 Å². The second-order valence-electron chi connectivity index (χ2n) is 2.85. The minimum Gasteiger partial charge on any atom is -0.392 e. The zero-order valence-corrected chi connectivity index (χ0v) is 7.98. The average molecular weight is 204 g/mol. The first-order chi connectivity index (χ1) is 6.09. The van der Waals surface area contributed by atoms with Crippen molar-refractivity contribution in [1.29, 1.82) is 0 Å². The second kappa shape index (κ2) is 4.44. The molecule has 0 fully saturated rings. The summed E-state index contributed by atoms with van der Waals surface area (Å²) in [7, 11) is 0. The SMILES string of the molecule is CC(O)CNc1cc(F)ccc1Cl. The van der Waals surface area contributed by atoms with Crippen LogP contribution >= 0.6 is 11.6 Å². The van der Waals surface area contributed by atoms with Crippen LogP contribution in [0.25, 0.3) is 0 Å². The van der Waals surface area contributed by atoms with Crippen LogP contribution in [0.4, 0.5) is 10.1 Å². The Morgan fingerprint density at radius 1 is 1.62 bits per heavy atom. The van der Waals surface area contributed by atoms with E-state index in [1.54, 1.807) is 6.92 Å². The molecular weight excluding hydrogens is 193 g/mol. The van der Waals surface area contributed by atoms with Gasteiger partial charge in [0.15, 0.2) is 0 Å². The first kappa shape index (κ1) is 10.3. The standard InChI is InChI=1S/C9H11ClFNO/c1-6(13)5-12-9-4-7(11)2-3-8(9)10/h2-4,6,12-13H,5H2,1H3. The van der Waals surface area contributed by atoms with Gasteiger partial charge in [-0.05, 0) is 25.1 Å². The molecule has 0 heterocycles. The lowest BCUT2D eigenvalue weighted by atomic mass is 10.3. The van der Waals surface area contributed by atoms with Gasteiger partial charge in [-0.25, -0.2) is 4.39 Å². The predicted octanol–water partition coefficient (Wildman–Crippen LogP) is 2.27. The van der Waals surface area contributed by atoms with Crippen LogP contribution in [-0.4, -0.2) is 17.8 Å². The van der Waals surface area contributed by atoms with E-state index in [1.807, 2.05) is 0 Å². The molecule has 1 aromatic carbocycles. The summed E-state index contributed by atoms with van der Waals surface area (Å²) in [6.45, 7) is 1.99. The van der Waals surface area contributed by atoms with Crippen LogP contribution in [0.3, 0.4) is 0 Å².